The topological polar surface area (TPSA) is 64.6 Å². The Balaban J connectivity index is 2.77. The first-order valence-corrected chi connectivity index (χ1v) is 6.88. The summed E-state index contributed by atoms with van der Waals surface area (Å²) < 4.78 is 0. The number of aliphatic hydroxyl groups excluding tert-OH is 1. The summed E-state index contributed by atoms with van der Waals surface area (Å²) in [5, 5.41) is 15.2. The van der Waals surface area contributed by atoms with Gasteiger partial charge in [0.1, 0.15) is 0 Å². The number of hydrogen-bond acceptors (Lipinski definition) is 3. The first-order chi connectivity index (χ1) is 9.35. The normalized spacial score (nSPS) is 13.5. The van der Waals surface area contributed by atoms with Gasteiger partial charge in [-0.15, -0.1) is 0 Å². The number of nitrogens with one attached hydrogen (secondary N) is 2. The Bertz CT molecular complexity index is 466. The lowest BCUT2D eigenvalue weighted by molar-refractivity contribution is 0.204. The molecule has 3 N–H and O–H groups in total. The number of carbonyl (C=O) groups is 1. The van der Waals surface area contributed by atoms with Gasteiger partial charge < -0.3 is 20.6 Å². The highest BCUT2D eigenvalue weighted by Crippen LogP contribution is 2.27. The number of aliphatic hydroxyl groups is 1. The summed E-state index contributed by atoms with van der Waals surface area (Å²) in [4.78, 5) is 13.9. The summed E-state index contributed by atoms with van der Waals surface area (Å²) in [5.74, 6) is -0.00608. The summed E-state index contributed by atoms with van der Waals surface area (Å²) in [6, 6.07) is 4.88. The van der Waals surface area contributed by atoms with E-state index < -0.39 is 0 Å². The molecule has 0 saturated heterocycles. The molecule has 1 aromatic carbocycles. The highest BCUT2D eigenvalue weighted by atomic mass is 35.5. The van der Waals surface area contributed by atoms with Gasteiger partial charge in [-0.2, -0.15) is 0 Å². The second-order valence-electron chi connectivity index (χ2n) is 5.10. The van der Waals surface area contributed by atoms with E-state index in [1.165, 1.54) is 0 Å². The second-order valence-corrected chi connectivity index (χ2v) is 5.54. The van der Waals surface area contributed by atoms with Crippen molar-refractivity contribution in [3.05, 3.63) is 23.2 Å². The van der Waals surface area contributed by atoms with E-state index in [1.54, 1.807) is 12.1 Å². The number of urea groups is 1. The molecule has 0 spiro atoms. The molecular weight excluding hydrogens is 278 g/mol. The summed E-state index contributed by atoms with van der Waals surface area (Å²) in [6.07, 6.45) is 0. The van der Waals surface area contributed by atoms with Gasteiger partial charge >= 0.3 is 6.03 Å². The molecule has 0 bridgehead atoms. The SMILES string of the molecule is CC(CO)C(C)NC(=O)Nc1cc(Cl)ccc1N(C)C. The Morgan fingerprint density at radius 3 is 2.60 bits per heavy atom. The van der Waals surface area contributed by atoms with E-state index in [-0.39, 0.29) is 24.6 Å². The molecule has 0 saturated carbocycles. The van der Waals surface area contributed by atoms with Crippen molar-refractivity contribution in [1.29, 1.82) is 0 Å². The molecule has 0 radical (unpaired) electrons. The van der Waals surface area contributed by atoms with Gasteiger partial charge in [0, 0.05) is 31.8 Å². The van der Waals surface area contributed by atoms with Crippen LogP contribution < -0.4 is 15.5 Å². The van der Waals surface area contributed by atoms with E-state index >= 15 is 0 Å². The first kappa shape index (κ1) is 16.6. The lowest BCUT2D eigenvalue weighted by Gasteiger charge is -2.22. The van der Waals surface area contributed by atoms with Gasteiger partial charge in [-0.25, -0.2) is 4.79 Å². The van der Waals surface area contributed by atoms with Crippen molar-refractivity contribution in [3.63, 3.8) is 0 Å². The molecule has 2 unspecified atom stereocenters. The molecule has 0 aliphatic rings. The second kappa shape index (κ2) is 7.36. The molecule has 0 fully saturated rings. The van der Waals surface area contributed by atoms with Gasteiger partial charge in [0.15, 0.2) is 0 Å². The van der Waals surface area contributed by atoms with Crippen LogP contribution in [0.3, 0.4) is 0 Å². The summed E-state index contributed by atoms with van der Waals surface area (Å²) in [5.41, 5.74) is 1.51. The molecule has 1 rings (SSSR count). The molecule has 2 amide bonds. The number of anilines is 2. The highest BCUT2D eigenvalue weighted by Gasteiger charge is 2.15. The summed E-state index contributed by atoms with van der Waals surface area (Å²) in [7, 11) is 3.78. The third-order valence-electron chi connectivity index (χ3n) is 3.19. The third kappa shape index (κ3) is 4.58. The molecule has 6 heteroatoms. The highest BCUT2D eigenvalue weighted by molar-refractivity contribution is 6.31. The van der Waals surface area contributed by atoms with Crippen molar-refractivity contribution >= 4 is 29.0 Å². The Morgan fingerprint density at radius 1 is 1.40 bits per heavy atom. The maximum Gasteiger partial charge on any atom is 0.319 e. The maximum absolute atomic E-state index is 12.0. The average Bonchev–Trinajstić information content (AvgIpc) is 2.37. The molecule has 1 aromatic rings. The molecule has 112 valence electrons. The molecule has 2 atom stereocenters. The van der Waals surface area contributed by atoms with Crippen LogP contribution in [0.2, 0.25) is 5.02 Å². The van der Waals surface area contributed by atoms with Crippen molar-refractivity contribution in [2.45, 2.75) is 19.9 Å². The molecular formula is C14H22ClN3O2. The monoisotopic (exact) mass is 299 g/mol. The quantitative estimate of drug-likeness (QED) is 0.783. The number of amides is 2. The van der Waals surface area contributed by atoms with Crippen LogP contribution in [-0.4, -0.2) is 37.9 Å². The standard InChI is InChI=1S/C14H22ClN3O2/c1-9(8-19)10(2)16-14(20)17-12-7-11(15)5-6-13(12)18(3)4/h5-7,9-10,19H,8H2,1-4H3,(H2,16,17,20). The number of benzene rings is 1. The molecule has 0 aliphatic carbocycles. The van der Waals surface area contributed by atoms with Crippen molar-refractivity contribution < 1.29 is 9.90 Å². The van der Waals surface area contributed by atoms with E-state index in [9.17, 15) is 4.79 Å². The van der Waals surface area contributed by atoms with Gasteiger partial charge in [-0.3, -0.25) is 0 Å². The number of carbonyl (C=O) groups excluding carboxylic acids is 1. The van der Waals surface area contributed by atoms with Crippen molar-refractivity contribution in [1.82, 2.24) is 5.32 Å². The number of halogens is 1. The Labute approximate surface area is 124 Å². The van der Waals surface area contributed by atoms with Gasteiger partial charge in [0.2, 0.25) is 0 Å². The predicted octanol–water partition coefficient (Wildman–Crippen LogP) is 2.54. The minimum absolute atomic E-state index is 0.00608. The number of hydrogen-bond donors (Lipinski definition) is 3. The van der Waals surface area contributed by atoms with Crippen molar-refractivity contribution in [3.8, 4) is 0 Å². The fourth-order valence-electron chi connectivity index (χ4n) is 1.66. The maximum atomic E-state index is 12.0. The zero-order valence-electron chi connectivity index (χ0n) is 12.3. The van der Waals surface area contributed by atoms with Crippen LogP contribution in [0.25, 0.3) is 0 Å². The van der Waals surface area contributed by atoms with Gasteiger partial charge in [0.25, 0.3) is 0 Å². The minimum atomic E-state index is -0.317. The minimum Gasteiger partial charge on any atom is -0.396 e. The van der Waals surface area contributed by atoms with Crippen molar-refractivity contribution in [2.24, 2.45) is 5.92 Å². The molecule has 0 aliphatic heterocycles. The summed E-state index contributed by atoms with van der Waals surface area (Å²) in [6.45, 7) is 3.75. The number of rotatable bonds is 5. The van der Waals surface area contributed by atoms with Crippen LogP contribution >= 0.6 is 11.6 Å². The lowest BCUT2D eigenvalue weighted by Crippen LogP contribution is -2.41. The van der Waals surface area contributed by atoms with E-state index in [2.05, 4.69) is 10.6 Å². The van der Waals surface area contributed by atoms with E-state index in [1.807, 2.05) is 38.9 Å². The van der Waals surface area contributed by atoms with Gasteiger partial charge in [-0.05, 0) is 31.0 Å². The molecule has 0 heterocycles. The molecule has 20 heavy (non-hydrogen) atoms. The summed E-state index contributed by atoms with van der Waals surface area (Å²) >= 11 is 5.96. The van der Waals surface area contributed by atoms with Crippen LogP contribution in [0, 0.1) is 5.92 Å². The van der Waals surface area contributed by atoms with Crippen molar-refractivity contribution in [2.75, 3.05) is 30.9 Å². The van der Waals surface area contributed by atoms with E-state index in [0.29, 0.717) is 10.7 Å². The largest absolute Gasteiger partial charge is 0.396 e. The molecule has 0 aromatic heterocycles. The third-order valence-corrected chi connectivity index (χ3v) is 3.42. The fraction of sp³-hybridized carbons (Fsp3) is 0.500. The average molecular weight is 300 g/mol. The Hall–Kier alpha value is -1.46. The van der Waals surface area contributed by atoms with E-state index in [0.717, 1.165) is 5.69 Å². The zero-order valence-corrected chi connectivity index (χ0v) is 13.0. The van der Waals surface area contributed by atoms with Gasteiger partial charge in [-0.1, -0.05) is 18.5 Å². The van der Waals surface area contributed by atoms with E-state index in [4.69, 9.17) is 16.7 Å². The van der Waals surface area contributed by atoms with Crippen LogP contribution in [0.1, 0.15) is 13.8 Å². The van der Waals surface area contributed by atoms with Gasteiger partial charge in [0.05, 0.1) is 11.4 Å². The Morgan fingerprint density at radius 2 is 2.05 bits per heavy atom. The van der Waals surface area contributed by atoms with Crippen LogP contribution in [0.4, 0.5) is 16.2 Å². The Kier molecular flexibility index (Phi) is 6.10. The number of nitrogens with zero attached hydrogens (tertiary/aromatic N) is 1. The zero-order chi connectivity index (χ0) is 15.3. The molecule has 5 nitrogen and oxygen atoms in total. The lowest BCUT2D eigenvalue weighted by atomic mass is 10.1. The fourth-order valence-corrected chi connectivity index (χ4v) is 1.84. The van der Waals surface area contributed by atoms with Crippen LogP contribution in [0.15, 0.2) is 18.2 Å². The van der Waals surface area contributed by atoms with Crippen LogP contribution in [0.5, 0.6) is 0 Å². The predicted molar refractivity (Wildman–Crippen MR) is 83.6 cm³/mol. The van der Waals surface area contributed by atoms with Crippen LogP contribution in [-0.2, 0) is 0 Å². The first-order valence-electron chi connectivity index (χ1n) is 6.50. The smallest absolute Gasteiger partial charge is 0.319 e.